The smallest absolute Gasteiger partial charge is 0.279 e. The number of rotatable bonds is 10. The number of anilines is 1. The van der Waals surface area contributed by atoms with E-state index < -0.39 is 0 Å². The van der Waals surface area contributed by atoms with E-state index >= 15 is 0 Å². The molecule has 0 aromatic heterocycles. The van der Waals surface area contributed by atoms with E-state index in [9.17, 15) is 14.0 Å². The van der Waals surface area contributed by atoms with Gasteiger partial charge < -0.3 is 20.3 Å². The predicted octanol–water partition coefficient (Wildman–Crippen LogP) is 1.04. The Morgan fingerprint density at radius 2 is 1.71 bits per heavy atom. The van der Waals surface area contributed by atoms with Gasteiger partial charge in [-0.2, -0.15) is 0 Å². The minimum atomic E-state index is -0.271. The molecule has 28 heavy (non-hydrogen) atoms. The highest BCUT2D eigenvalue weighted by molar-refractivity contribution is 5.91. The topological polar surface area (TPSA) is 71.9 Å². The second kappa shape index (κ2) is 11.0. The summed E-state index contributed by atoms with van der Waals surface area (Å²) in [5, 5.41) is 5.60. The number of hydrogen-bond acceptors (Lipinski definition) is 3. The van der Waals surface area contributed by atoms with Crippen LogP contribution < -0.4 is 20.3 Å². The van der Waals surface area contributed by atoms with Crippen LogP contribution in [-0.2, 0) is 16.0 Å². The van der Waals surface area contributed by atoms with Gasteiger partial charge in [0.05, 0.1) is 13.7 Å². The van der Waals surface area contributed by atoms with Gasteiger partial charge in [0.1, 0.15) is 11.6 Å². The van der Waals surface area contributed by atoms with Crippen molar-refractivity contribution >= 4 is 17.5 Å². The normalized spacial score (nSPS) is 11.5. The van der Waals surface area contributed by atoms with E-state index in [0.29, 0.717) is 36.5 Å². The van der Waals surface area contributed by atoms with E-state index in [1.807, 2.05) is 6.92 Å². The summed E-state index contributed by atoms with van der Waals surface area (Å²) in [5.41, 5.74) is 1.25. The number of carbonyl (C=O) groups excluding carboxylic acids is 2. The molecule has 6 nitrogen and oxygen atoms in total. The van der Waals surface area contributed by atoms with Gasteiger partial charge in [-0.15, -0.1) is 0 Å². The number of ether oxygens (including phenoxy) is 1. The van der Waals surface area contributed by atoms with Gasteiger partial charge in [0.25, 0.3) is 11.8 Å². The summed E-state index contributed by atoms with van der Waals surface area (Å²) in [5.74, 6) is 0.116. The highest BCUT2D eigenvalue weighted by Crippen LogP contribution is 2.14. The predicted molar refractivity (Wildman–Crippen MR) is 106 cm³/mol. The summed E-state index contributed by atoms with van der Waals surface area (Å²) in [7, 11) is 1.58. The first-order chi connectivity index (χ1) is 13.5. The molecule has 2 amide bonds. The van der Waals surface area contributed by atoms with Gasteiger partial charge >= 0.3 is 0 Å². The zero-order chi connectivity index (χ0) is 20.4. The number of quaternary nitrogens is 1. The van der Waals surface area contributed by atoms with Crippen LogP contribution in [0, 0.1) is 5.82 Å². The minimum Gasteiger partial charge on any atom is -0.497 e. The van der Waals surface area contributed by atoms with Crippen LogP contribution in [0.4, 0.5) is 10.1 Å². The molecule has 0 spiro atoms. The van der Waals surface area contributed by atoms with Crippen LogP contribution in [0.5, 0.6) is 5.75 Å². The minimum absolute atomic E-state index is 0.162. The summed E-state index contributed by atoms with van der Waals surface area (Å²) >= 11 is 0. The number of halogens is 1. The molecule has 0 heterocycles. The van der Waals surface area contributed by atoms with Crippen LogP contribution in [-0.4, -0.2) is 45.1 Å². The largest absolute Gasteiger partial charge is 0.497 e. The van der Waals surface area contributed by atoms with Crippen molar-refractivity contribution in [3.05, 3.63) is 59.9 Å². The molecule has 0 aliphatic rings. The van der Waals surface area contributed by atoms with E-state index in [1.165, 1.54) is 6.07 Å². The number of carbonyl (C=O) groups is 2. The number of methoxy groups -OCH3 is 1. The third kappa shape index (κ3) is 7.00. The summed E-state index contributed by atoms with van der Waals surface area (Å²) in [6.07, 6.45) is 0.428. The number of likely N-dealkylation sites (N-methyl/N-ethyl adjacent to an activating group) is 1. The fourth-order valence-corrected chi connectivity index (χ4v) is 2.75. The molecule has 0 fully saturated rings. The summed E-state index contributed by atoms with van der Waals surface area (Å²) in [6.45, 7) is 3.28. The molecule has 2 aromatic carbocycles. The number of hydrogen-bond donors (Lipinski definition) is 3. The van der Waals surface area contributed by atoms with E-state index in [2.05, 4.69) is 10.6 Å². The molecule has 3 N–H and O–H groups in total. The SMILES string of the molecule is CC[NH+](CC(=O)NCCc1ccccc1F)CC(=O)Nc1ccc(OC)cc1. The Morgan fingerprint density at radius 1 is 1.04 bits per heavy atom. The Labute approximate surface area is 164 Å². The van der Waals surface area contributed by atoms with Gasteiger partial charge in [0.2, 0.25) is 0 Å². The molecule has 0 bridgehead atoms. The van der Waals surface area contributed by atoms with Gasteiger partial charge in [-0.1, -0.05) is 18.2 Å². The van der Waals surface area contributed by atoms with E-state index in [4.69, 9.17) is 4.74 Å². The molecule has 0 radical (unpaired) electrons. The first-order valence-corrected chi connectivity index (χ1v) is 9.29. The molecular formula is C21H27FN3O3+. The fraction of sp³-hybridized carbons (Fsp3) is 0.333. The van der Waals surface area contributed by atoms with Gasteiger partial charge in [0.15, 0.2) is 13.1 Å². The summed E-state index contributed by atoms with van der Waals surface area (Å²) < 4.78 is 18.7. The second-order valence-electron chi connectivity index (χ2n) is 6.43. The summed E-state index contributed by atoms with van der Waals surface area (Å²) in [6, 6.07) is 13.6. The van der Waals surface area contributed by atoms with Crippen molar-refractivity contribution in [3.63, 3.8) is 0 Å². The lowest BCUT2D eigenvalue weighted by molar-refractivity contribution is -0.881. The lowest BCUT2D eigenvalue weighted by Crippen LogP contribution is -3.14. The lowest BCUT2D eigenvalue weighted by atomic mass is 10.1. The Kier molecular flexibility index (Phi) is 8.42. The van der Waals surface area contributed by atoms with Gasteiger partial charge in [0, 0.05) is 12.2 Å². The number of nitrogens with one attached hydrogen (secondary N) is 3. The van der Waals surface area contributed by atoms with E-state index in [0.717, 1.165) is 4.90 Å². The Bertz CT molecular complexity index is 781. The highest BCUT2D eigenvalue weighted by Gasteiger charge is 2.16. The molecule has 1 atom stereocenters. The van der Waals surface area contributed by atoms with Gasteiger partial charge in [-0.05, 0) is 49.2 Å². The highest BCUT2D eigenvalue weighted by atomic mass is 19.1. The molecule has 0 saturated carbocycles. The van der Waals surface area contributed by atoms with Crippen LogP contribution in [0.3, 0.4) is 0 Å². The third-order valence-corrected chi connectivity index (χ3v) is 4.37. The monoisotopic (exact) mass is 388 g/mol. The molecular weight excluding hydrogens is 361 g/mol. The quantitative estimate of drug-likeness (QED) is 0.570. The average molecular weight is 388 g/mol. The molecule has 0 aliphatic heterocycles. The first-order valence-electron chi connectivity index (χ1n) is 9.29. The van der Waals surface area contributed by atoms with Crippen molar-refractivity contribution in [1.29, 1.82) is 0 Å². The molecule has 0 aliphatic carbocycles. The van der Waals surface area contributed by atoms with Crippen LogP contribution >= 0.6 is 0 Å². The molecule has 2 aromatic rings. The maximum absolute atomic E-state index is 13.6. The second-order valence-corrected chi connectivity index (χ2v) is 6.43. The zero-order valence-corrected chi connectivity index (χ0v) is 16.3. The van der Waals surface area contributed by atoms with Crippen molar-refractivity contribution in [2.24, 2.45) is 0 Å². The standard InChI is InChI=1S/C21H26FN3O3/c1-3-25(15-21(27)24-17-8-10-18(28-2)11-9-17)14-20(26)23-13-12-16-6-4-5-7-19(16)22/h4-11H,3,12-15H2,1-2H3,(H,23,26)(H,24,27)/p+1. The molecule has 150 valence electrons. The maximum atomic E-state index is 13.6. The fourth-order valence-electron chi connectivity index (χ4n) is 2.75. The summed E-state index contributed by atoms with van der Waals surface area (Å²) in [4.78, 5) is 25.2. The molecule has 1 unspecified atom stereocenters. The van der Waals surface area contributed by atoms with Crippen molar-refractivity contribution in [2.75, 3.05) is 38.6 Å². The number of benzene rings is 2. The van der Waals surface area contributed by atoms with Crippen molar-refractivity contribution in [1.82, 2.24) is 5.32 Å². The lowest BCUT2D eigenvalue weighted by Gasteiger charge is -2.17. The van der Waals surface area contributed by atoms with Crippen molar-refractivity contribution < 1.29 is 23.6 Å². The molecule has 0 saturated heterocycles. The van der Waals surface area contributed by atoms with Crippen LogP contribution in [0.2, 0.25) is 0 Å². The van der Waals surface area contributed by atoms with Crippen LogP contribution in [0.25, 0.3) is 0 Å². The maximum Gasteiger partial charge on any atom is 0.279 e. The molecule has 7 heteroatoms. The van der Waals surface area contributed by atoms with Crippen LogP contribution in [0.1, 0.15) is 12.5 Å². The first kappa shape index (κ1) is 21.4. The van der Waals surface area contributed by atoms with Crippen LogP contribution in [0.15, 0.2) is 48.5 Å². The zero-order valence-electron chi connectivity index (χ0n) is 16.3. The Balaban J connectivity index is 1.74. The molecule has 2 rings (SSSR count). The van der Waals surface area contributed by atoms with Gasteiger partial charge in [-0.25, -0.2) is 4.39 Å². The van der Waals surface area contributed by atoms with Gasteiger partial charge in [-0.3, -0.25) is 9.59 Å². The Morgan fingerprint density at radius 3 is 2.36 bits per heavy atom. The average Bonchev–Trinajstić information content (AvgIpc) is 2.69. The third-order valence-electron chi connectivity index (χ3n) is 4.37. The van der Waals surface area contributed by atoms with E-state index in [1.54, 1.807) is 49.6 Å². The Hall–Kier alpha value is -2.93. The van der Waals surface area contributed by atoms with Crippen molar-refractivity contribution in [2.45, 2.75) is 13.3 Å². The van der Waals surface area contributed by atoms with E-state index in [-0.39, 0.29) is 30.7 Å². The van der Waals surface area contributed by atoms with Crippen molar-refractivity contribution in [3.8, 4) is 5.75 Å². The number of amides is 2.